The predicted molar refractivity (Wildman–Crippen MR) is 218 cm³/mol. The summed E-state index contributed by atoms with van der Waals surface area (Å²) in [5, 5.41) is 11.5. The van der Waals surface area contributed by atoms with Crippen molar-refractivity contribution in [3.8, 4) is 22.9 Å². The number of furan rings is 1. The fraction of sp³-hybridized carbons (Fsp3) is 0. The first-order chi connectivity index (χ1) is 26.3. The molecule has 5 heteroatoms. The minimum Gasteiger partial charge on any atom is -0.437 e. The van der Waals surface area contributed by atoms with Crippen LogP contribution in [0.15, 0.2) is 174 Å². The summed E-state index contributed by atoms with van der Waals surface area (Å²) < 4.78 is 11.1. The van der Waals surface area contributed by atoms with E-state index in [-0.39, 0.29) is 0 Å². The SMILES string of the molecule is c1ccc(-n2c3ccccc3c3cc(-c4nc(-n5c6ccc7ccccc7c6c6c7ccccc7ccc65)nc5oc6ccccc6c45)ccc32)cc1. The van der Waals surface area contributed by atoms with Gasteiger partial charge >= 0.3 is 0 Å². The van der Waals surface area contributed by atoms with Gasteiger partial charge in [-0.15, -0.1) is 0 Å². The Kier molecular flexibility index (Phi) is 5.71. The molecule has 0 aliphatic rings. The lowest BCUT2D eigenvalue weighted by Crippen LogP contribution is -2.03. The van der Waals surface area contributed by atoms with E-state index in [9.17, 15) is 0 Å². The van der Waals surface area contributed by atoms with Crippen LogP contribution in [0.1, 0.15) is 0 Å². The number of benzene rings is 8. The van der Waals surface area contributed by atoms with Crippen LogP contribution in [0.5, 0.6) is 0 Å². The maximum absolute atomic E-state index is 6.57. The number of aromatic nitrogens is 4. The lowest BCUT2D eigenvalue weighted by molar-refractivity contribution is 0.651. The molecule has 0 aliphatic heterocycles. The van der Waals surface area contributed by atoms with Crippen molar-refractivity contribution in [3.05, 3.63) is 170 Å². The molecule has 0 atom stereocenters. The van der Waals surface area contributed by atoms with Crippen molar-refractivity contribution < 1.29 is 4.42 Å². The summed E-state index contributed by atoms with van der Waals surface area (Å²) in [6, 6.07) is 60.2. The molecular weight excluding hydrogens is 649 g/mol. The van der Waals surface area contributed by atoms with Crippen molar-refractivity contribution in [3.63, 3.8) is 0 Å². The quantitative estimate of drug-likeness (QED) is 0.187. The largest absolute Gasteiger partial charge is 0.437 e. The lowest BCUT2D eigenvalue weighted by Gasteiger charge is -2.11. The van der Waals surface area contributed by atoms with Gasteiger partial charge in [0, 0.05) is 38.2 Å². The first kappa shape index (κ1) is 28.5. The van der Waals surface area contributed by atoms with Crippen molar-refractivity contribution in [1.29, 1.82) is 0 Å². The Balaban J connectivity index is 1.20. The number of hydrogen-bond donors (Lipinski definition) is 0. The van der Waals surface area contributed by atoms with E-state index in [4.69, 9.17) is 14.4 Å². The van der Waals surface area contributed by atoms with Crippen molar-refractivity contribution in [2.24, 2.45) is 0 Å². The van der Waals surface area contributed by atoms with Gasteiger partial charge in [0.25, 0.3) is 0 Å². The molecule has 246 valence electrons. The zero-order valence-electron chi connectivity index (χ0n) is 28.4. The Bertz CT molecular complexity index is 3370. The maximum Gasteiger partial charge on any atom is 0.238 e. The van der Waals surface area contributed by atoms with Gasteiger partial charge in [0.2, 0.25) is 11.7 Å². The van der Waals surface area contributed by atoms with E-state index in [1.165, 1.54) is 37.7 Å². The highest BCUT2D eigenvalue weighted by Crippen LogP contribution is 2.43. The van der Waals surface area contributed by atoms with Crippen LogP contribution in [0.4, 0.5) is 0 Å². The third-order valence-electron chi connectivity index (χ3n) is 10.9. The molecule has 4 aromatic heterocycles. The number of fused-ring (bicyclic) bond motifs is 13. The highest BCUT2D eigenvalue weighted by molar-refractivity contribution is 6.28. The molecule has 0 saturated carbocycles. The van der Waals surface area contributed by atoms with Gasteiger partial charge in [0.15, 0.2) is 0 Å². The molecular formula is C48H28N4O. The molecule has 0 unspecified atom stereocenters. The first-order valence-electron chi connectivity index (χ1n) is 17.9. The van der Waals surface area contributed by atoms with Crippen LogP contribution >= 0.6 is 0 Å². The van der Waals surface area contributed by atoms with Gasteiger partial charge in [-0.1, -0.05) is 121 Å². The fourth-order valence-electron chi connectivity index (χ4n) is 8.66. The molecule has 0 fully saturated rings. The van der Waals surface area contributed by atoms with Crippen molar-refractivity contribution in [2.75, 3.05) is 0 Å². The smallest absolute Gasteiger partial charge is 0.238 e. The highest BCUT2D eigenvalue weighted by atomic mass is 16.3. The third-order valence-corrected chi connectivity index (χ3v) is 10.9. The molecule has 0 bridgehead atoms. The van der Waals surface area contributed by atoms with Gasteiger partial charge in [0.05, 0.1) is 33.1 Å². The van der Waals surface area contributed by atoms with Crippen LogP contribution in [0, 0.1) is 0 Å². The fourth-order valence-corrected chi connectivity index (χ4v) is 8.66. The van der Waals surface area contributed by atoms with E-state index < -0.39 is 0 Å². The van der Waals surface area contributed by atoms with Crippen LogP contribution in [0.25, 0.3) is 110 Å². The van der Waals surface area contributed by atoms with E-state index in [2.05, 4.69) is 167 Å². The standard InChI is InChI=1S/C48H28N4O/c1-2-14-32(15-3-1)51-38-20-10-8-18-35(38)37-28-31(24-25-39(37)51)46-45-36-19-9-11-21-42(36)53-47(45)50-48(49-46)52-40-26-22-29-12-4-6-16-33(29)43(40)44-34-17-7-5-13-30(34)23-27-41(44)52/h1-28H. The van der Waals surface area contributed by atoms with Crippen LogP contribution in [0.2, 0.25) is 0 Å². The molecule has 12 aromatic rings. The zero-order valence-corrected chi connectivity index (χ0v) is 28.4. The second-order valence-corrected chi connectivity index (χ2v) is 13.8. The van der Waals surface area contributed by atoms with E-state index in [0.29, 0.717) is 11.7 Å². The van der Waals surface area contributed by atoms with Crippen molar-refractivity contribution in [2.45, 2.75) is 0 Å². The van der Waals surface area contributed by atoms with Crippen LogP contribution in [-0.4, -0.2) is 19.1 Å². The molecule has 0 amide bonds. The maximum atomic E-state index is 6.57. The Labute approximate surface area is 302 Å². The normalized spacial score (nSPS) is 12.2. The monoisotopic (exact) mass is 676 g/mol. The minimum absolute atomic E-state index is 0.564. The van der Waals surface area contributed by atoms with Crippen LogP contribution < -0.4 is 0 Å². The Hall–Kier alpha value is -7.24. The molecule has 0 radical (unpaired) electrons. The molecule has 0 aliphatic carbocycles. The van der Waals surface area contributed by atoms with Crippen molar-refractivity contribution >= 4 is 87.2 Å². The van der Waals surface area contributed by atoms with Gasteiger partial charge < -0.3 is 8.98 Å². The Morgan fingerprint density at radius 2 is 0.981 bits per heavy atom. The third kappa shape index (κ3) is 3.96. The molecule has 4 heterocycles. The molecule has 0 N–H and O–H groups in total. The zero-order chi connectivity index (χ0) is 34.6. The second kappa shape index (κ2) is 10.6. The van der Waals surface area contributed by atoms with E-state index in [0.717, 1.165) is 60.8 Å². The second-order valence-electron chi connectivity index (χ2n) is 13.8. The van der Waals surface area contributed by atoms with Gasteiger partial charge in [-0.3, -0.25) is 4.57 Å². The first-order valence-corrected chi connectivity index (χ1v) is 17.9. The summed E-state index contributed by atoms with van der Waals surface area (Å²) in [4.78, 5) is 10.8. The average Bonchev–Trinajstić information content (AvgIpc) is 3.88. The van der Waals surface area contributed by atoms with E-state index in [1.807, 2.05) is 12.1 Å². The van der Waals surface area contributed by atoms with Gasteiger partial charge in [-0.25, -0.2) is 4.98 Å². The minimum atomic E-state index is 0.564. The summed E-state index contributed by atoms with van der Waals surface area (Å²) in [5.74, 6) is 0.573. The molecule has 8 aromatic carbocycles. The summed E-state index contributed by atoms with van der Waals surface area (Å²) in [6.07, 6.45) is 0. The van der Waals surface area contributed by atoms with Crippen LogP contribution in [-0.2, 0) is 0 Å². The van der Waals surface area contributed by atoms with Crippen LogP contribution in [0.3, 0.4) is 0 Å². The Morgan fingerprint density at radius 3 is 1.72 bits per heavy atom. The number of hydrogen-bond acceptors (Lipinski definition) is 3. The average molecular weight is 677 g/mol. The van der Waals surface area contributed by atoms with Crippen molar-refractivity contribution in [1.82, 2.24) is 19.1 Å². The molecule has 12 rings (SSSR count). The molecule has 53 heavy (non-hydrogen) atoms. The summed E-state index contributed by atoms with van der Waals surface area (Å²) >= 11 is 0. The lowest BCUT2D eigenvalue weighted by atomic mass is 10.00. The molecule has 5 nitrogen and oxygen atoms in total. The summed E-state index contributed by atoms with van der Waals surface area (Å²) in [7, 11) is 0. The number of para-hydroxylation sites is 3. The Morgan fingerprint density at radius 1 is 0.396 bits per heavy atom. The number of nitrogens with zero attached hydrogens (tertiary/aromatic N) is 4. The topological polar surface area (TPSA) is 48.8 Å². The molecule has 0 saturated heterocycles. The van der Waals surface area contributed by atoms with Gasteiger partial charge in [-0.05, 0) is 70.1 Å². The van der Waals surface area contributed by atoms with E-state index in [1.54, 1.807) is 0 Å². The van der Waals surface area contributed by atoms with E-state index >= 15 is 0 Å². The molecule has 0 spiro atoms. The van der Waals surface area contributed by atoms with Gasteiger partial charge in [0.1, 0.15) is 5.58 Å². The predicted octanol–water partition coefficient (Wildman–Crippen LogP) is 12.5. The van der Waals surface area contributed by atoms with Gasteiger partial charge in [-0.2, -0.15) is 4.98 Å². The summed E-state index contributed by atoms with van der Waals surface area (Å²) in [5.41, 5.74) is 8.74. The number of rotatable bonds is 3. The highest BCUT2D eigenvalue weighted by Gasteiger charge is 2.23. The summed E-state index contributed by atoms with van der Waals surface area (Å²) in [6.45, 7) is 0.